The Hall–Kier alpha value is -3.02. The highest BCUT2D eigenvalue weighted by Crippen LogP contribution is 2.30. The summed E-state index contributed by atoms with van der Waals surface area (Å²) in [7, 11) is 0. The third-order valence-corrected chi connectivity index (χ3v) is 3.06. The van der Waals surface area contributed by atoms with E-state index in [0.29, 0.717) is 11.6 Å². The molecule has 1 amide bonds. The van der Waals surface area contributed by atoms with E-state index in [-0.39, 0.29) is 5.56 Å². The number of nitrogens with two attached hydrogens (primary N) is 1. The summed E-state index contributed by atoms with van der Waals surface area (Å²) in [5.41, 5.74) is 6.09. The Kier molecular flexibility index (Phi) is 3.19. The highest BCUT2D eigenvalue weighted by molar-refractivity contribution is 6.00. The molecule has 1 heterocycles. The van der Waals surface area contributed by atoms with Gasteiger partial charge in [-0.25, -0.2) is 4.39 Å². The normalized spacial score (nSPS) is 11.3. The first-order valence-corrected chi connectivity index (χ1v) is 6.23. The number of nitrogens with one attached hydrogen (secondary N) is 1. The van der Waals surface area contributed by atoms with Crippen molar-refractivity contribution in [2.75, 3.05) is 5.73 Å². The van der Waals surface area contributed by atoms with Gasteiger partial charge in [-0.1, -0.05) is 24.3 Å². The number of hydrogen-bond acceptors (Lipinski definition) is 3. The molecule has 5 nitrogen and oxygen atoms in total. The minimum atomic E-state index is -0.549. The van der Waals surface area contributed by atoms with Gasteiger partial charge in [0, 0.05) is 16.3 Å². The molecule has 0 radical (unpaired) electrons. The number of hydrogen-bond donors (Lipinski definition) is 2. The predicted octanol–water partition coefficient (Wildman–Crippen LogP) is 3.81. The second kappa shape index (κ2) is 5.16. The van der Waals surface area contributed by atoms with Crippen molar-refractivity contribution in [1.82, 2.24) is 4.98 Å². The van der Waals surface area contributed by atoms with Crippen molar-refractivity contribution in [3.8, 4) is 0 Å². The quantitative estimate of drug-likeness (QED) is 0.700. The van der Waals surface area contributed by atoms with Crippen LogP contribution in [-0.2, 0) is 0 Å². The van der Waals surface area contributed by atoms with Gasteiger partial charge in [0.2, 0.25) is 0 Å². The Balaban J connectivity index is 1.91. The first kappa shape index (κ1) is 13.0. The van der Waals surface area contributed by atoms with Crippen LogP contribution >= 0.6 is 0 Å². The molecule has 0 saturated carbocycles. The van der Waals surface area contributed by atoms with Crippen LogP contribution in [0.4, 0.5) is 16.0 Å². The lowest BCUT2D eigenvalue weighted by molar-refractivity contribution is 0.0995. The molecule has 6 heteroatoms. The van der Waals surface area contributed by atoms with E-state index in [1.807, 2.05) is 24.3 Å². The van der Waals surface area contributed by atoms with E-state index >= 15 is 0 Å². The molecule has 3 aromatic rings. The number of rotatable bonds is 2. The van der Waals surface area contributed by atoms with E-state index in [1.165, 1.54) is 24.3 Å². The Morgan fingerprint density at radius 3 is 2.43 bits per heavy atom. The standard InChI is InChI=1S/C15H11FN4O/c16-10-7-5-9(6-8-10)15(21)20-19-14-12-4-2-1-3-11(12)13(17)18-14/h1-8,18H,17H2. The van der Waals surface area contributed by atoms with E-state index in [0.717, 1.165) is 10.8 Å². The molecule has 2 aromatic carbocycles. The molecule has 0 atom stereocenters. The number of benzene rings is 2. The van der Waals surface area contributed by atoms with Gasteiger partial charge in [-0.3, -0.25) is 4.79 Å². The fraction of sp³-hybridized carbons (Fsp3) is 0. The third kappa shape index (κ3) is 2.51. The smallest absolute Gasteiger partial charge is 0.295 e. The molecule has 0 spiro atoms. The molecule has 0 aliphatic heterocycles. The van der Waals surface area contributed by atoms with Crippen molar-refractivity contribution in [2.24, 2.45) is 10.2 Å². The van der Waals surface area contributed by atoms with Crippen LogP contribution in [-0.4, -0.2) is 10.9 Å². The maximum absolute atomic E-state index is 12.8. The van der Waals surface area contributed by atoms with Gasteiger partial charge in [-0.15, -0.1) is 10.2 Å². The van der Waals surface area contributed by atoms with Crippen molar-refractivity contribution in [1.29, 1.82) is 0 Å². The number of nitrogen functional groups attached to an aromatic ring is 1. The van der Waals surface area contributed by atoms with Gasteiger partial charge in [0.25, 0.3) is 5.91 Å². The van der Waals surface area contributed by atoms with Gasteiger partial charge in [0.1, 0.15) is 11.6 Å². The van der Waals surface area contributed by atoms with E-state index in [1.54, 1.807) is 0 Å². The molecular formula is C15H11FN4O. The van der Waals surface area contributed by atoms with Crippen molar-refractivity contribution >= 4 is 28.3 Å². The molecule has 3 N–H and O–H groups in total. The summed E-state index contributed by atoms with van der Waals surface area (Å²) in [5.74, 6) is -0.0776. The molecule has 0 saturated heterocycles. The summed E-state index contributed by atoms with van der Waals surface area (Å²) >= 11 is 0. The van der Waals surface area contributed by atoms with Crippen LogP contribution in [0.3, 0.4) is 0 Å². The average Bonchev–Trinajstić information content (AvgIpc) is 2.83. The minimum absolute atomic E-state index is 0.268. The van der Waals surface area contributed by atoms with Crippen LogP contribution in [0.5, 0.6) is 0 Å². The summed E-state index contributed by atoms with van der Waals surface area (Å²) in [5, 5.41) is 9.14. The van der Waals surface area contributed by atoms with Crippen LogP contribution in [0, 0.1) is 5.82 Å². The number of carbonyl (C=O) groups excluding carboxylic acids is 1. The number of carbonyl (C=O) groups is 1. The Morgan fingerprint density at radius 1 is 1.05 bits per heavy atom. The molecule has 1 aromatic heterocycles. The fourth-order valence-electron chi connectivity index (χ4n) is 2.01. The maximum atomic E-state index is 12.8. The second-order valence-electron chi connectivity index (χ2n) is 4.44. The number of fused-ring (bicyclic) bond motifs is 1. The molecule has 3 rings (SSSR count). The number of amides is 1. The molecule has 0 fully saturated rings. The number of nitrogens with zero attached hydrogens (tertiary/aromatic N) is 2. The number of halogens is 1. The van der Waals surface area contributed by atoms with E-state index in [2.05, 4.69) is 15.2 Å². The van der Waals surface area contributed by atoms with Gasteiger partial charge in [0.05, 0.1) is 0 Å². The summed E-state index contributed by atoms with van der Waals surface area (Å²) in [6.45, 7) is 0. The van der Waals surface area contributed by atoms with E-state index in [4.69, 9.17) is 5.73 Å². The molecule has 21 heavy (non-hydrogen) atoms. The van der Waals surface area contributed by atoms with Gasteiger partial charge < -0.3 is 10.7 Å². The predicted molar refractivity (Wildman–Crippen MR) is 78.0 cm³/mol. The summed E-state index contributed by atoms with van der Waals surface area (Å²) < 4.78 is 12.8. The first-order valence-electron chi connectivity index (χ1n) is 6.23. The van der Waals surface area contributed by atoms with Crippen molar-refractivity contribution in [2.45, 2.75) is 0 Å². The first-order chi connectivity index (χ1) is 10.1. The van der Waals surface area contributed by atoms with E-state index in [9.17, 15) is 9.18 Å². The SMILES string of the molecule is Nc1[nH]c(N=NC(=O)c2ccc(F)cc2)c2ccccc12. The van der Waals surface area contributed by atoms with Gasteiger partial charge in [-0.05, 0) is 24.3 Å². The van der Waals surface area contributed by atoms with Gasteiger partial charge in [-0.2, -0.15) is 0 Å². The monoisotopic (exact) mass is 282 g/mol. The number of anilines is 1. The van der Waals surface area contributed by atoms with Gasteiger partial charge >= 0.3 is 0 Å². The fourth-order valence-corrected chi connectivity index (χ4v) is 2.01. The number of H-pyrrole nitrogens is 1. The molecule has 0 aliphatic rings. The molecule has 0 unspecified atom stereocenters. The second-order valence-corrected chi connectivity index (χ2v) is 4.44. The number of aromatic amines is 1. The van der Waals surface area contributed by atoms with E-state index < -0.39 is 11.7 Å². The minimum Gasteiger partial charge on any atom is -0.385 e. The molecule has 0 aliphatic carbocycles. The number of azo groups is 1. The van der Waals surface area contributed by atoms with Crippen LogP contribution in [0.1, 0.15) is 10.4 Å². The highest BCUT2D eigenvalue weighted by atomic mass is 19.1. The van der Waals surface area contributed by atoms with Crippen LogP contribution in [0.2, 0.25) is 0 Å². The Labute approximate surface area is 119 Å². The van der Waals surface area contributed by atoms with Gasteiger partial charge in [0.15, 0.2) is 5.82 Å². The lowest BCUT2D eigenvalue weighted by atomic mass is 10.2. The third-order valence-electron chi connectivity index (χ3n) is 3.06. The lowest BCUT2D eigenvalue weighted by Crippen LogP contribution is -1.93. The zero-order valence-corrected chi connectivity index (χ0v) is 10.9. The maximum Gasteiger partial charge on any atom is 0.295 e. The van der Waals surface area contributed by atoms with Crippen LogP contribution < -0.4 is 5.73 Å². The van der Waals surface area contributed by atoms with Crippen molar-refractivity contribution in [3.05, 3.63) is 59.9 Å². The molecule has 104 valence electrons. The zero-order valence-electron chi connectivity index (χ0n) is 10.9. The average molecular weight is 282 g/mol. The van der Waals surface area contributed by atoms with Crippen molar-refractivity contribution in [3.63, 3.8) is 0 Å². The zero-order chi connectivity index (χ0) is 14.8. The topological polar surface area (TPSA) is 83.6 Å². The molecular weight excluding hydrogens is 271 g/mol. The summed E-state index contributed by atoms with van der Waals surface area (Å²) in [4.78, 5) is 14.7. The summed E-state index contributed by atoms with van der Waals surface area (Å²) in [6.07, 6.45) is 0. The van der Waals surface area contributed by atoms with Crippen LogP contribution in [0.25, 0.3) is 10.8 Å². The summed E-state index contributed by atoms with van der Waals surface area (Å²) in [6, 6.07) is 12.5. The van der Waals surface area contributed by atoms with Crippen molar-refractivity contribution < 1.29 is 9.18 Å². The van der Waals surface area contributed by atoms with Crippen LogP contribution in [0.15, 0.2) is 58.8 Å². The highest BCUT2D eigenvalue weighted by Gasteiger charge is 2.08. The molecule has 0 bridgehead atoms. The number of aromatic nitrogens is 1. The Bertz CT molecular complexity index is 837. The Morgan fingerprint density at radius 2 is 1.71 bits per heavy atom. The largest absolute Gasteiger partial charge is 0.385 e. The lowest BCUT2D eigenvalue weighted by Gasteiger charge is -1.94.